The summed E-state index contributed by atoms with van der Waals surface area (Å²) in [5.74, 6) is 0.631. The number of hydrogen-bond donors (Lipinski definition) is 4. The molecule has 1 fully saturated rings. The van der Waals surface area contributed by atoms with E-state index in [1.807, 2.05) is 6.92 Å². The van der Waals surface area contributed by atoms with E-state index < -0.39 is 0 Å². The standard InChI is InChI=1S/C24H33N5O2/c1-3-25-24(26-17-23(31)27-20-9-11-22(30)12-10-20)28-21-13-15-29(16-14-21)18(2)19-7-5-4-6-8-19/h4-12,18,21,30H,3,13-17H2,1-2H3,(H,27,31)(H2,25,26,28). The zero-order valence-corrected chi connectivity index (χ0v) is 18.3. The number of benzene rings is 2. The van der Waals surface area contributed by atoms with Crippen LogP contribution in [0.3, 0.4) is 0 Å². The summed E-state index contributed by atoms with van der Waals surface area (Å²) in [6.45, 7) is 7.08. The first kappa shape index (κ1) is 22.6. The zero-order chi connectivity index (χ0) is 22.1. The topological polar surface area (TPSA) is 89.0 Å². The number of amides is 1. The molecule has 31 heavy (non-hydrogen) atoms. The molecule has 1 aliphatic heterocycles. The Bertz CT molecular complexity index is 846. The number of carbonyl (C=O) groups is 1. The summed E-state index contributed by atoms with van der Waals surface area (Å²) in [4.78, 5) is 19.2. The second-order valence-corrected chi connectivity index (χ2v) is 7.83. The van der Waals surface area contributed by atoms with Crippen molar-refractivity contribution in [3.63, 3.8) is 0 Å². The first-order valence-electron chi connectivity index (χ1n) is 11.0. The molecule has 1 aliphatic rings. The molecule has 166 valence electrons. The number of nitrogens with one attached hydrogen (secondary N) is 3. The van der Waals surface area contributed by atoms with Crippen molar-refractivity contribution < 1.29 is 9.90 Å². The Labute approximate surface area is 184 Å². The number of phenolic OH excluding ortho intramolecular Hbond substituents is 1. The fourth-order valence-electron chi connectivity index (χ4n) is 3.78. The zero-order valence-electron chi connectivity index (χ0n) is 18.3. The molecule has 1 saturated heterocycles. The number of anilines is 1. The number of rotatable bonds is 7. The van der Waals surface area contributed by atoms with Crippen molar-refractivity contribution in [1.82, 2.24) is 15.5 Å². The van der Waals surface area contributed by atoms with Crippen molar-refractivity contribution >= 4 is 17.6 Å². The third kappa shape index (κ3) is 7.00. The Kier molecular flexibility index (Phi) is 8.29. The van der Waals surface area contributed by atoms with Crippen LogP contribution in [0.5, 0.6) is 5.75 Å². The Morgan fingerprint density at radius 2 is 1.81 bits per heavy atom. The fraction of sp³-hybridized carbons (Fsp3) is 0.417. The van der Waals surface area contributed by atoms with Crippen LogP contribution in [0, 0.1) is 0 Å². The maximum atomic E-state index is 12.2. The van der Waals surface area contributed by atoms with E-state index in [0.717, 1.165) is 32.5 Å². The third-order valence-electron chi connectivity index (χ3n) is 5.58. The number of guanidine groups is 1. The summed E-state index contributed by atoms with van der Waals surface area (Å²) in [5.41, 5.74) is 1.99. The minimum atomic E-state index is -0.200. The molecule has 0 spiro atoms. The van der Waals surface area contributed by atoms with Crippen molar-refractivity contribution in [2.75, 3.05) is 31.5 Å². The highest BCUT2D eigenvalue weighted by Crippen LogP contribution is 2.24. The van der Waals surface area contributed by atoms with Crippen LogP contribution in [0.4, 0.5) is 5.69 Å². The SMILES string of the molecule is CCNC(=NCC(=O)Nc1ccc(O)cc1)NC1CCN(C(C)c2ccccc2)CC1. The highest BCUT2D eigenvalue weighted by atomic mass is 16.3. The second kappa shape index (κ2) is 11.4. The summed E-state index contributed by atoms with van der Waals surface area (Å²) in [5, 5.41) is 18.8. The summed E-state index contributed by atoms with van der Waals surface area (Å²) in [7, 11) is 0. The van der Waals surface area contributed by atoms with Gasteiger partial charge in [-0.05, 0) is 56.5 Å². The molecule has 1 atom stereocenters. The van der Waals surface area contributed by atoms with E-state index >= 15 is 0 Å². The van der Waals surface area contributed by atoms with Gasteiger partial charge in [0.15, 0.2) is 5.96 Å². The lowest BCUT2D eigenvalue weighted by Gasteiger charge is -2.37. The van der Waals surface area contributed by atoms with Gasteiger partial charge in [0.1, 0.15) is 12.3 Å². The summed E-state index contributed by atoms with van der Waals surface area (Å²) in [6, 6.07) is 17.8. The molecule has 1 heterocycles. The molecule has 3 rings (SSSR count). The lowest BCUT2D eigenvalue weighted by molar-refractivity contribution is -0.114. The molecule has 0 bridgehead atoms. The number of carbonyl (C=O) groups excluding carboxylic acids is 1. The van der Waals surface area contributed by atoms with Crippen LogP contribution in [-0.2, 0) is 4.79 Å². The van der Waals surface area contributed by atoms with Gasteiger partial charge in [-0.1, -0.05) is 30.3 Å². The second-order valence-electron chi connectivity index (χ2n) is 7.83. The Hall–Kier alpha value is -3.06. The molecular weight excluding hydrogens is 390 g/mol. The maximum absolute atomic E-state index is 12.2. The monoisotopic (exact) mass is 423 g/mol. The average Bonchev–Trinajstić information content (AvgIpc) is 2.80. The van der Waals surface area contributed by atoms with E-state index in [4.69, 9.17) is 0 Å². The predicted octanol–water partition coefficient (Wildman–Crippen LogP) is 3.11. The molecular formula is C24H33N5O2. The van der Waals surface area contributed by atoms with Crippen LogP contribution in [0.1, 0.15) is 38.3 Å². The lowest BCUT2D eigenvalue weighted by atomic mass is 10.0. The molecule has 2 aromatic rings. The number of nitrogens with zero attached hydrogens (tertiary/aromatic N) is 2. The number of aromatic hydroxyl groups is 1. The van der Waals surface area contributed by atoms with Gasteiger partial charge in [0.25, 0.3) is 0 Å². The molecule has 0 aromatic heterocycles. The van der Waals surface area contributed by atoms with Gasteiger partial charge in [0.2, 0.25) is 5.91 Å². The number of piperidine rings is 1. The molecule has 0 radical (unpaired) electrons. The number of aliphatic imine (C=N–C) groups is 1. The molecule has 2 aromatic carbocycles. The van der Waals surface area contributed by atoms with Crippen molar-refractivity contribution in [3.8, 4) is 5.75 Å². The third-order valence-corrected chi connectivity index (χ3v) is 5.58. The fourth-order valence-corrected chi connectivity index (χ4v) is 3.78. The largest absolute Gasteiger partial charge is 0.508 e. The smallest absolute Gasteiger partial charge is 0.246 e. The van der Waals surface area contributed by atoms with Gasteiger partial charge in [-0.15, -0.1) is 0 Å². The molecule has 1 unspecified atom stereocenters. The van der Waals surface area contributed by atoms with Crippen LogP contribution in [-0.4, -0.2) is 54.1 Å². The van der Waals surface area contributed by atoms with Crippen molar-refractivity contribution in [2.45, 2.75) is 38.8 Å². The quantitative estimate of drug-likeness (QED) is 0.312. The van der Waals surface area contributed by atoms with Crippen LogP contribution in [0.2, 0.25) is 0 Å². The molecule has 0 saturated carbocycles. The van der Waals surface area contributed by atoms with Gasteiger partial charge in [0, 0.05) is 37.4 Å². The number of hydrogen-bond acceptors (Lipinski definition) is 4. The maximum Gasteiger partial charge on any atom is 0.246 e. The average molecular weight is 424 g/mol. The van der Waals surface area contributed by atoms with E-state index in [9.17, 15) is 9.90 Å². The van der Waals surface area contributed by atoms with Crippen LogP contribution in [0.15, 0.2) is 59.6 Å². The first-order chi connectivity index (χ1) is 15.0. The van der Waals surface area contributed by atoms with Gasteiger partial charge in [0.05, 0.1) is 0 Å². The van der Waals surface area contributed by atoms with Crippen molar-refractivity contribution in [2.24, 2.45) is 4.99 Å². The van der Waals surface area contributed by atoms with Gasteiger partial charge in [-0.2, -0.15) is 0 Å². The summed E-state index contributed by atoms with van der Waals surface area (Å²) < 4.78 is 0. The Morgan fingerprint density at radius 1 is 1.13 bits per heavy atom. The van der Waals surface area contributed by atoms with E-state index in [2.05, 4.69) is 63.1 Å². The van der Waals surface area contributed by atoms with E-state index in [1.54, 1.807) is 12.1 Å². The van der Waals surface area contributed by atoms with Gasteiger partial charge in [-0.25, -0.2) is 4.99 Å². The first-order valence-corrected chi connectivity index (χ1v) is 11.0. The molecule has 7 heteroatoms. The van der Waals surface area contributed by atoms with Crippen molar-refractivity contribution in [1.29, 1.82) is 0 Å². The molecule has 4 N–H and O–H groups in total. The highest BCUT2D eigenvalue weighted by molar-refractivity contribution is 5.94. The predicted molar refractivity (Wildman–Crippen MR) is 125 cm³/mol. The lowest BCUT2D eigenvalue weighted by Crippen LogP contribution is -2.49. The van der Waals surface area contributed by atoms with E-state index in [-0.39, 0.29) is 18.2 Å². The molecule has 0 aliphatic carbocycles. The van der Waals surface area contributed by atoms with Gasteiger partial charge >= 0.3 is 0 Å². The van der Waals surface area contributed by atoms with E-state index in [1.165, 1.54) is 17.7 Å². The van der Waals surface area contributed by atoms with Crippen LogP contribution in [0.25, 0.3) is 0 Å². The normalized spacial score (nSPS) is 16.5. The van der Waals surface area contributed by atoms with E-state index in [0.29, 0.717) is 23.7 Å². The summed E-state index contributed by atoms with van der Waals surface area (Å²) in [6.07, 6.45) is 2.06. The minimum absolute atomic E-state index is 0.0279. The van der Waals surface area contributed by atoms with Crippen LogP contribution >= 0.6 is 0 Å². The van der Waals surface area contributed by atoms with Crippen molar-refractivity contribution in [3.05, 3.63) is 60.2 Å². The van der Waals surface area contributed by atoms with Gasteiger partial charge < -0.3 is 21.1 Å². The number of phenols is 1. The highest BCUT2D eigenvalue weighted by Gasteiger charge is 2.24. The Morgan fingerprint density at radius 3 is 2.45 bits per heavy atom. The molecule has 1 amide bonds. The van der Waals surface area contributed by atoms with Gasteiger partial charge in [-0.3, -0.25) is 9.69 Å². The van der Waals surface area contributed by atoms with Crippen LogP contribution < -0.4 is 16.0 Å². The Balaban J connectivity index is 1.48. The number of likely N-dealkylation sites (tertiary alicyclic amines) is 1. The molecule has 7 nitrogen and oxygen atoms in total. The summed E-state index contributed by atoms with van der Waals surface area (Å²) >= 11 is 0. The minimum Gasteiger partial charge on any atom is -0.508 e.